The molecule has 3 aromatic rings. The highest BCUT2D eigenvalue weighted by molar-refractivity contribution is 7.99. The summed E-state index contributed by atoms with van der Waals surface area (Å²) in [6.07, 6.45) is -4.59. The van der Waals surface area contributed by atoms with Crippen molar-refractivity contribution in [3.63, 3.8) is 0 Å². The Balaban J connectivity index is 1.57. The van der Waals surface area contributed by atoms with Crippen molar-refractivity contribution in [2.24, 2.45) is 0 Å². The van der Waals surface area contributed by atoms with E-state index in [1.807, 2.05) is 18.2 Å². The van der Waals surface area contributed by atoms with E-state index in [2.05, 4.69) is 10.0 Å². The number of thioether (sulfide) groups is 1. The fourth-order valence-electron chi connectivity index (χ4n) is 2.76. The number of sulfonamides is 1. The molecule has 0 saturated carbocycles. The maximum atomic E-state index is 12.8. The second-order valence-electron chi connectivity index (χ2n) is 6.84. The molecule has 0 aliphatic rings. The van der Waals surface area contributed by atoms with Crippen molar-refractivity contribution < 1.29 is 26.4 Å². The largest absolute Gasteiger partial charge is 0.416 e. The van der Waals surface area contributed by atoms with Crippen LogP contribution in [0.25, 0.3) is 0 Å². The van der Waals surface area contributed by atoms with E-state index in [9.17, 15) is 26.4 Å². The molecule has 11 heteroatoms. The lowest BCUT2D eigenvalue weighted by molar-refractivity contribution is -0.137. The van der Waals surface area contributed by atoms with Gasteiger partial charge in [-0.25, -0.2) is 8.42 Å². The molecule has 0 aromatic heterocycles. The summed E-state index contributed by atoms with van der Waals surface area (Å²) in [6, 6.07) is 16.5. The van der Waals surface area contributed by atoms with Crippen molar-refractivity contribution in [1.29, 1.82) is 0 Å². The minimum absolute atomic E-state index is 0.161. The Hall–Kier alpha value is -2.69. The molecule has 0 aliphatic carbocycles. The van der Waals surface area contributed by atoms with Gasteiger partial charge in [0.05, 0.1) is 16.2 Å². The molecular weight excluding hydrogens is 497 g/mol. The first-order chi connectivity index (χ1) is 15.5. The highest BCUT2D eigenvalue weighted by Gasteiger charge is 2.30. The zero-order valence-corrected chi connectivity index (χ0v) is 19.3. The van der Waals surface area contributed by atoms with Crippen LogP contribution in [0.15, 0.2) is 77.7 Å². The average molecular weight is 515 g/mol. The first kappa shape index (κ1) is 24.9. The Kier molecular flexibility index (Phi) is 7.93. The molecule has 33 heavy (non-hydrogen) atoms. The molecule has 2 N–H and O–H groups in total. The first-order valence-corrected chi connectivity index (χ1v) is 12.5. The minimum atomic E-state index is -4.59. The summed E-state index contributed by atoms with van der Waals surface area (Å²) < 4.78 is 65.6. The number of alkyl halides is 3. The van der Waals surface area contributed by atoms with Gasteiger partial charge in [0.15, 0.2) is 0 Å². The molecule has 0 aliphatic heterocycles. The molecule has 0 saturated heterocycles. The molecule has 5 nitrogen and oxygen atoms in total. The number of hydrogen-bond donors (Lipinski definition) is 2. The Morgan fingerprint density at radius 2 is 1.64 bits per heavy atom. The van der Waals surface area contributed by atoms with Crippen molar-refractivity contribution in [2.45, 2.75) is 16.8 Å². The standard InChI is InChI=1S/C22H18ClF3N2O3S2/c23-20-7-2-1-4-15(20)13-32-14-21(29)27-17-8-10-19(11-9-17)33(30,31)28-18-6-3-5-16(12-18)22(24,25)26/h1-12,28H,13-14H2,(H,27,29). The van der Waals surface area contributed by atoms with E-state index in [1.165, 1.54) is 42.1 Å². The summed E-state index contributed by atoms with van der Waals surface area (Å²) >= 11 is 7.46. The lowest BCUT2D eigenvalue weighted by Crippen LogP contribution is -2.15. The Bertz CT molecular complexity index is 1230. The van der Waals surface area contributed by atoms with Crippen molar-refractivity contribution >= 4 is 50.7 Å². The molecule has 174 valence electrons. The average Bonchev–Trinajstić information content (AvgIpc) is 2.75. The summed E-state index contributed by atoms with van der Waals surface area (Å²) in [7, 11) is -4.12. The molecule has 0 heterocycles. The lowest BCUT2D eigenvalue weighted by Gasteiger charge is -2.12. The summed E-state index contributed by atoms with van der Waals surface area (Å²) in [4.78, 5) is 12.0. The second kappa shape index (κ2) is 10.5. The predicted molar refractivity (Wildman–Crippen MR) is 125 cm³/mol. The number of carbonyl (C=O) groups is 1. The number of carbonyl (C=O) groups excluding carboxylic acids is 1. The highest BCUT2D eigenvalue weighted by Crippen LogP contribution is 2.31. The maximum Gasteiger partial charge on any atom is 0.416 e. The van der Waals surface area contributed by atoms with Crippen molar-refractivity contribution in [3.05, 3.63) is 88.9 Å². The maximum absolute atomic E-state index is 12.8. The molecule has 0 radical (unpaired) electrons. The quantitative estimate of drug-likeness (QED) is 0.385. The van der Waals surface area contributed by atoms with Gasteiger partial charge in [-0.3, -0.25) is 9.52 Å². The second-order valence-corrected chi connectivity index (χ2v) is 9.92. The van der Waals surface area contributed by atoms with Gasteiger partial charge in [0.2, 0.25) is 5.91 Å². The molecule has 0 spiro atoms. The van der Waals surface area contributed by atoms with Crippen LogP contribution in [0.2, 0.25) is 5.02 Å². The van der Waals surface area contributed by atoms with E-state index in [0.29, 0.717) is 22.5 Å². The van der Waals surface area contributed by atoms with Gasteiger partial charge in [-0.05, 0) is 54.1 Å². The monoisotopic (exact) mass is 514 g/mol. The molecule has 3 rings (SSSR count). The van der Waals surface area contributed by atoms with Crippen molar-refractivity contribution in [2.75, 3.05) is 15.8 Å². The molecule has 0 bridgehead atoms. The zero-order valence-electron chi connectivity index (χ0n) is 16.9. The van der Waals surface area contributed by atoms with E-state index < -0.39 is 21.8 Å². The Morgan fingerprint density at radius 1 is 0.939 bits per heavy atom. The van der Waals surface area contributed by atoms with E-state index in [4.69, 9.17) is 11.6 Å². The van der Waals surface area contributed by atoms with Crippen LogP contribution < -0.4 is 10.0 Å². The fraction of sp³-hybridized carbons (Fsp3) is 0.136. The van der Waals surface area contributed by atoms with Crippen LogP contribution in [-0.2, 0) is 26.7 Å². The topological polar surface area (TPSA) is 75.3 Å². The predicted octanol–water partition coefficient (Wildman–Crippen LogP) is 6.03. The third-order valence-corrected chi connectivity index (χ3v) is 7.09. The SMILES string of the molecule is O=C(CSCc1ccccc1Cl)Nc1ccc(S(=O)(=O)Nc2cccc(C(F)(F)F)c2)cc1. The van der Waals surface area contributed by atoms with E-state index in [0.717, 1.165) is 17.7 Å². The van der Waals surface area contributed by atoms with Crippen LogP contribution in [0.4, 0.5) is 24.5 Å². The normalized spacial score (nSPS) is 11.8. The third-order valence-electron chi connectivity index (χ3n) is 4.34. The number of nitrogens with one attached hydrogen (secondary N) is 2. The number of rotatable bonds is 8. The number of hydrogen-bond acceptors (Lipinski definition) is 4. The molecule has 0 unspecified atom stereocenters. The Morgan fingerprint density at radius 3 is 2.30 bits per heavy atom. The van der Waals surface area contributed by atoms with Gasteiger partial charge in [0, 0.05) is 22.2 Å². The highest BCUT2D eigenvalue weighted by atomic mass is 35.5. The van der Waals surface area contributed by atoms with E-state index in [-0.39, 0.29) is 22.2 Å². The fourth-order valence-corrected chi connectivity index (χ4v) is 4.92. The third kappa shape index (κ3) is 7.15. The number of anilines is 2. The molecule has 0 fully saturated rings. The van der Waals surface area contributed by atoms with Crippen LogP contribution in [-0.4, -0.2) is 20.1 Å². The van der Waals surface area contributed by atoms with Crippen molar-refractivity contribution in [1.82, 2.24) is 0 Å². The Labute approximate surface area is 198 Å². The molecule has 0 atom stereocenters. The van der Waals surface area contributed by atoms with Gasteiger partial charge in [-0.15, -0.1) is 11.8 Å². The lowest BCUT2D eigenvalue weighted by atomic mass is 10.2. The van der Waals surface area contributed by atoms with Gasteiger partial charge in [0.1, 0.15) is 0 Å². The van der Waals surface area contributed by atoms with E-state index >= 15 is 0 Å². The van der Waals surface area contributed by atoms with Gasteiger partial charge >= 0.3 is 6.18 Å². The van der Waals surface area contributed by atoms with Crippen LogP contribution in [0.3, 0.4) is 0 Å². The van der Waals surface area contributed by atoms with Crippen LogP contribution in [0, 0.1) is 0 Å². The smallest absolute Gasteiger partial charge is 0.325 e. The van der Waals surface area contributed by atoms with Gasteiger partial charge in [-0.1, -0.05) is 35.9 Å². The minimum Gasteiger partial charge on any atom is -0.325 e. The summed E-state index contributed by atoms with van der Waals surface area (Å²) in [5, 5.41) is 3.29. The first-order valence-electron chi connectivity index (χ1n) is 9.46. The van der Waals surface area contributed by atoms with Gasteiger partial charge < -0.3 is 5.32 Å². The number of benzene rings is 3. The van der Waals surface area contributed by atoms with Crippen LogP contribution >= 0.6 is 23.4 Å². The summed E-state index contributed by atoms with van der Waals surface area (Å²) in [5.41, 5.74) is 0.127. The van der Waals surface area contributed by atoms with Crippen LogP contribution in [0.5, 0.6) is 0 Å². The summed E-state index contributed by atoms with van der Waals surface area (Å²) in [5.74, 6) is 0.457. The zero-order chi connectivity index (χ0) is 24.1. The van der Waals surface area contributed by atoms with Crippen molar-refractivity contribution in [3.8, 4) is 0 Å². The summed E-state index contributed by atoms with van der Waals surface area (Å²) in [6.45, 7) is 0. The number of halogens is 4. The molecule has 3 aromatic carbocycles. The van der Waals surface area contributed by atoms with Gasteiger partial charge in [0.25, 0.3) is 10.0 Å². The van der Waals surface area contributed by atoms with Crippen LogP contribution in [0.1, 0.15) is 11.1 Å². The molecular formula is C22H18ClF3N2O3S2. The molecule has 1 amide bonds. The number of amides is 1. The van der Waals surface area contributed by atoms with Gasteiger partial charge in [-0.2, -0.15) is 13.2 Å². The van der Waals surface area contributed by atoms with E-state index in [1.54, 1.807) is 6.07 Å².